The molecule has 1 N–H and O–H groups in total. The zero-order valence-corrected chi connectivity index (χ0v) is 15.0. The van der Waals surface area contributed by atoms with Gasteiger partial charge in [0.2, 0.25) is 5.13 Å². The molecule has 0 spiro atoms. The van der Waals surface area contributed by atoms with Gasteiger partial charge in [0.25, 0.3) is 0 Å². The molecule has 5 nitrogen and oxygen atoms in total. The summed E-state index contributed by atoms with van der Waals surface area (Å²) in [5, 5.41) is 18.7. The number of rotatable bonds is 5. The van der Waals surface area contributed by atoms with E-state index in [1.165, 1.54) is 17.4 Å². The molecule has 1 fully saturated rings. The fourth-order valence-electron chi connectivity index (χ4n) is 2.57. The summed E-state index contributed by atoms with van der Waals surface area (Å²) in [6.07, 6.45) is 0.811. The van der Waals surface area contributed by atoms with E-state index in [4.69, 9.17) is 5.11 Å². The summed E-state index contributed by atoms with van der Waals surface area (Å²) in [4.78, 5) is 4.52. The minimum Gasteiger partial charge on any atom is -0.396 e. The Bertz CT molecular complexity index is 661. The van der Waals surface area contributed by atoms with Gasteiger partial charge in [0.15, 0.2) is 5.01 Å². The van der Waals surface area contributed by atoms with Crippen LogP contribution < -0.4 is 4.90 Å². The van der Waals surface area contributed by atoms with E-state index in [2.05, 4.69) is 35.9 Å². The van der Waals surface area contributed by atoms with Crippen molar-refractivity contribution in [2.75, 3.05) is 44.2 Å². The molecule has 0 aliphatic carbocycles. The lowest BCUT2D eigenvalue weighted by Crippen LogP contribution is -2.46. The van der Waals surface area contributed by atoms with Crippen molar-refractivity contribution >= 4 is 32.4 Å². The van der Waals surface area contributed by atoms with Crippen molar-refractivity contribution in [2.24, 2.45) is 0 Å². The zero-order chi connectivity index (χ0) is 16.2. The maximum absolute atomic E-state index is 14.0. The van der Waals surface area contributed by atoms with Gasteiger partial charge in [-0.15, -0.1) is 10.2 Å². The number of hydrogen-bond acceptors (Lipinski definition) is 6. The van der Waals surface area contributed by atoms with Gasteiger partial charge in [-0.2, -0.15) is 0 Å². The molecule has 1 aliphatic rings. The number of nitrogens with zero attached hydrogens (tertiary/aromatic N) is 4. The van der Waals surface area contributed by atoms with E-state index in [0.29, 0.717) is 10.6 Å². The molecule has 124 valence electrons. The van der Waals surface area contributed by atoms with Gasteiger partial charge in [-0.05, 0) is 24.6 Å². The smallest absolute Gasteiger partial charge is 0.208 e. The lowest BCUT2D eigenvalue weighted by atomic mass is 10.2. The van der Waals surface area contributed by atoms with Gasteiger partial charge in [0.05, 0.1) is 0 Å². The van der Waals surface area contributed by atoms with E-state index in [-0.39, 0.29) is 12.4 Å². The Morgan fingerprint density at radius 2 is 2.00 bits per heavy atom. The summed E-state index contributed by atoms with van der Waals surface area (Å²) in [5.74, 6) is -0.287. The van der Waals surface area contributed by atoms with Crippen molar-refractivity contribution in [3.05, 3.63) is 28.5 Å². The third-order valence-electron chi connectivity index (χ3n) is 3.85. The molecule has 0 atom stereocenters. The number of aliphatic hydroxyl groups excluding tert-OH is 1. The van der Waals surface area contributed by atoms with Crippen molar-refractivity contribution < 1.29 is 9.50 Å². The molecule has 0 bridgehead atoms. The molecular weight excluding hydrogens is 383 g/mol. The number of anilines is 1. The first-order valence-electron chi connectivity index (χ1n) is 7.54. The quantitative estimate of drug-likeness (QED) is 0.835. The summed E-state index contributed by atoms with van der Waals surface area (Å²) in [7, 11) is 0. The van der Waals surface area contributed by atoms with Gasteiger partial charge in [-0.3, -0.25) is 4.90 Å². The molecule has 1 saturated heterocycles. The zero-order valence-electron chi connectivity index (χ0n) is 12.6. The highest BCUT2D eigenvalue weighted by Gasteiger charge is 2.21. The molecule has 3 rings (SSSR count). The second-order valence-electron chi connectivity index (χ2n) is 5.42. The van der Waals surface area contributed by atoms with Crippen LogP contribution in [0.25, 0.3) is 10.6 Å². The Balaban J connectivity index is 1.67. The second kappa shape index (κ2) is 7.65. The normalized spacial score (nSPS) is 16.0. The minimum atomic E-state index is -0.287. The van der Waals surface area contributed by atoms with Crippen LogP contribution in [-0.4, -0.2) is 59.5 Å². The molecule has 1 aliphatic heterocycles. The monoisotopic (exact) mass is 400 g/mol. The minimum absolute atomic E-state index is 0.234. The van der Waals surface area contributed by atoms with E-state index in [0.717, 1.165) is 48.7 Å². The van der Waals surface area contributed by atoms with Gasteiger partial charge >= 0.3 is 0 Å². The number of halogens is 2. The third kappa shape index (κ3) is 4.06. The van der Waals surface area contributed by atoms with E-state index in [1.54, 1.807) is 12.1 Å². The van der Waals surface area contributed by atoms with Crippen LogP contribution in [0.5, 0.6) is 0 Å². The van der Waals surface area contributed by atoms with Gasteiger partial charge in [-0.25, -0.2) is 4.39 Å². The summed E-state index contributed by atoms with van der Waals surface area (Å²) >= 11 is 4.78. The van der Waals surface area contributed by atoms with Crippen LogP contribution in [0, 0.1) is 5.82 Å². The molecule has 2 heterocycles. The maximum Gasteiger partial charge on any atom is 0.208 e. The SMILES string of the molecule is OCCCN1CCN(c2nnc(-c3cc(Br)ccc3F)s2)CC1. The van der Waals surface area contributed by atoms with Crippen LogP contribution in [-0.2, 0) is 0 Å². The van der Waals surface area contributed by atoms with Crippen LogP contribution in [0.15, 0.2) is 22.7 Å². The molecule has 0 unspecified atom stereocenters. The molecule has 0 saturated carbocycles. The highest BCUT2D eigenvalue weighted by Crippen LogP contribution is 2.32. The Morgan fingerprint density at radius 1 is 1.22 bits per heavy atom. The number of benzene rings is 1. The van der Waals surface area contributed by atoms with E-state index in [9.17, 15) is 4.39 Å². The maximum atomic E-state index is 14.0. The lowest BCUT2D eigenvalue weighted by molar-refractivity contribution is 0.216. The van der Waals surface area contributed by atoms with Crippen LogP contribution in [0.1, 0.15) is 6.42 Å². The molecule has 2 aromatic rings. The summed E-state index contributed by atoms with van der Waals surface area (Å²) in [6.45, 7) is 4.80. The number of piperazine rings is 1. The Kier molecular flexibility index (Phi) is 5.58. The highest BCUT2D eigenvalue weighted by molar-refractivity contribution is 9.10. The van der Waals surface area contributed by atoms with Crippen LogP contribution in [0.2, 0.25) is 0 Å². The van der Waals surface area contributed by atoms with Crippen LogP contribution in [0.3, 0.4) is 0 Å². The predicted molar refractivity (Wildman–Crippen MR) is 93.4 cm³/mol. The van der Waals surface area contributed by atoms with Gasteiger partial charge in [0, 0.05) is 49.4 Å². The number of aromatic nitrogens is 2. The van der Waals surface area contributed by atoms with Crippen LogP contribution >= 0.6 is 27.3 Å². The van der Waals surface area contributed by atoms with Gasteiger partial charge < -0.3 is 10.0 Å². The largest absolute Gasteiger partial charge is 0.396 e. The van der Waals surface area contributed by atoms with Crippen molar-refractivity contribution in [3.8, 4) is 10.6 Å². The fraction of sp³-hybridized carbons (Fsp3) is 0.467. The average Bonchev–Trinajstić information content (AvgIpc) is 3.05. The molecule has 0 amide bonds. The molecule has 1 aromatic carbocycles. The lowest BCUT2D eigenvalue weighted by Gasteiger charge is -2.34. The summed E-state index contributed by atoms with van der Waals surface area (Å²) in [5.41, 5.74) is 0.477. The van der Waals surface area contributed by atoms with Crippen LogP contribution in [0.4, 0.5) is 9.52 Å². The standard InChI is InChI=1S/C15H18BrFN4OS/c16-11-2-3-13(17)12(10-11)14-18-19-15(23-14)21-7-5-20(6-8-21)4-1-9-22/h2-3,10,22H,1,4-9H2. The third-order valence-corrected chi connectivity index (χ3v) is 5.36. The first kappa shape index (κ1) is 16.8. The molecule has 8 heteroatoms. The molecule has 23 heavy (non-hydrogen) atoms. The Hall–Kier alpha value is -1.09. The molecule has 0 radical (unpaired) electrons. The Morgan fingerprint density at radius 3 is 2.74 bits per heavy atom. The number of aliphatic hydroxyl groups is 1. The second-order valence-corrected chi connectivity index (χ2v) is 7.29. The predicted octanol–water partition coefficient (Wildman–Crippen LogP) is 2.61. The molecular formula is C15H18BrFN4OS. The summed E-state index contributed by atoms with van der Waals surface area (Å²) in [6, 6.07) is 4.83. The fourth-order valence-corrected chi connectivity index (χ4v) is 3.85. The van der Waals surface area contributed by atoms with Crippen molar-refractivity contribution in [1.29, 1.82) is 0 Å². The average molecular weight is 401 g/mol. The first-order valence-corrected chi connectivity index (χ1v) is 9.15. The Labute approximate surface area is 146 Å². The summed E-state index contributed by atoms with van der Waals surface area (Å²) < 4.78 is 14.8. The van der Waals surface area contributed by atoms with Crippen molar-refractivity contribution in [3.63, 3.8) is 0 Å². The van der Waals surface area contributed by atoms with E-state index < -0.39 is 0 Å². The van der Waals surface area contributed by atoms with E-state index >= 15 is 0 Å². The van der Waals surface area contributed by atoms with Gasteiger partial charge in [-0.1, -0.05) is 27.3 Å². The number of hydrogen-bond donors (Lipinski definition) is 1. The van der Waals surface area contributed by atoms with Gasteiger partial charge in [0.1, 0.15) is 5.82 Å². The van der Waals surface area contributed by atoms with Crippen molar-refractivity contribution in [1.82, 2.24) is 15.1 Å². The topological polar surface area (TPSA) is 52.5 Å². The first-order chi connectivity index (χ1) is 11.2. The molecule has 1 aromatic heterocycles. The highest BCUT2D eigenvalue weighted by atomic mass is 79.9. The van der Waals surface area contributed by atoms with Crippen molar-refractivity contribution in [2.45, 2.75) is 6.42 Å². The van der Waals surface area contributed by atoms with E-state index in [1.807, 2.05) is 0 Å².